The predicted octanol–water partition coefficient (Wildman–Crippen LogP) is 1.53. The first kappa shape index (κ1) is 11.3. The SMILES string of the molecule is Cc1ccc(NC(=O)Cn2nncc2C)cc1. The molecule has 1 aromatic carbocycles. The number of carbonyl (C=O) groups excluding carboxylic acids is 1. The summed E-state index contributed by atoms with van der Waals surface area (Å²) in [4.78, 5) is 11.7. The summed E-state index contributed by atoms with van der Waals surface area (Å²) in [5, 5.41) is 10.4. The summed E-state index contributed by atoms with van der Waals surface area (Å²) in [6.07, 6.45) is 1.62. The van der Waals surface area contributed by atoms with E-state index in [1.54, 1.807) is 10.9 Å². The molecule has 17 heavy (non-hydrogen) atoms. The van der Waals surface area contributed by atoms with Crippen LogP contribution in [-0.2, 0) is 11.3 Å². The summed E-state index contributed by atoms with van der Waals surface area (Å²) in [5.41, 5.74) is 2.82. The van der Waals surface area contributed by atoms with Crippen molar-refractivity contribution >= 4 is 11.6 Å². The molecule has 0 saturated heterocycles. The summed E-state index contributed by atoms with van der Waals surface area (Å²) < 4.78 is 1.56. The zero-order valence-corrected chi connectivity index (χ0v) is 9.84. The molecule has 5 heteroatoms. The molecule has 5 nitrogen and oxygen atoms in total. The van der Waals surface area contributed by atoms with Gasteiger partial charge in [0.2, 0.25) is 5.91 Å². The molecule has 0 aliphatic heterocycles. The van der Waals surface area contributed by atoms with E-state index < -0.39 is 0 Å². The minimum absolute atomic E-state index is 0.109. The Kier molecular flexibility index (Phi) is 3.18. The summed E-state index contributed by atoms with van der Waals surface area (Å²) >= 11 is 0. The molecule has 1 N–H and O–H groups in total. The van der Waals surface area contributed by atoms with Gasteiger partial charge in [-0.1, -0.05) is 22.9 Å². The van der Waals surface area contributed by atoms with Gasteiger partial charge in [-0.05, 0) is 26.0 Å². The lowest BCUT2D eigenvalue weighted by atomic mass is 10.2. The second-order valence-electron chi connectivity index (χ2n) is 3.95. The second kappa shape index (κ2) is 4.78. The lowest BCUT2D eigenvalue weighted by Crippen LogP contribution is -2.20. The van der Waals surface area contributed by atoms with Crippen molar-refractivity contribution in [3.05, 3.63) is 41.7 Å². The first-order chi connectivity index (χ1) is 8.15. The fraction of sp³-hybridized carbons (Fsp3) is 0.250. The van der Waals surface area contributed by atoms with Gasteiger partial charge in [-0.2, -0.15) is 0 Å². The highest BCUT2D eigenvalue weighted by Crippen LogP contribution is 2.08. The van der Waals surface area contributed by atoms with Crippen LogP contribution in [0.3, 0.4) is 0 Å². The molecule has 1 amide bonds. The molecule has 0 aliphatic carbocycles. The van der Waals surface area contributed by atoms with Gasteiger partial charge in [-0.15, -0.1) is 5.10 Å². The Hall–Kier alpha value is -2.17. The summed E-state index contributed by atoms with van der Waals surface area (Å²) in [6, 6.07) is 7.66. The minimum atomic E-state index is -0.109. The van der Waals surface area contributed by atoms with Gasteiger partial charge in [0.25, 0.3) is 0 Å². The molecule has 1 heterocycles. The lowest BCUT2D eigenvalue weighted by molar-refractivity contribution is -0.117. The van der Waals surface area contributed by atoms with E-state index in [1.165, 1.54) is 0 Å². The molecule has 1 aromatic heterocycles. The predicted molar refractivity (Wildman–Crippen MR) is 64.6 cm³/mol. The lowest BCUT2D eigenvalue weighted by Gasteiger charge is -2.06. The highest BCUT2D eigenvalue weighted by Gasteiger charge is 2.06. The molecule has 0 radical (unpaired) electrons. The highest BCUT2D eigenvalue weighted by molar-refractivity contribution is 5.90. The van der Waals surface area contributed by atoms with Crippen molar-refractivity contribution < 1.29 is 4.79 Å². The van der Waals surface area contributed by atoms with E-state index >= 15 is 0 Å². The average Bonchev–Trinajstić information content (AvgIpc) is 2.68. The zero-order chi connectivity index (χ0) is 12.3. The minimum Gasteiger partial charge on any atom is -0.324 e. The molecule has 0 bridgehead atoms. The van der Waals surface area contributed by atoms with Crippen molar-refractivity contribution in [3.8, 4) is 0 Å². The maximum Gasteiger partial charge on any atom is 0.246 e. The van der Waals surface area contributed by atoms with E-state index in [0.29, 0.717) is 0 Å². The second-order valence-corrected chi connectivity index (χ2v) is 3.95. The average molecular weight is 230 g/mol. The van der Waals surface area contributed by atoms with Crippen LogP contribution in [0, 0.1) is 13.8 Å². The third-order valence-corrected chi connectivity index (χ3v) is 2.44. The number of aromatic nitrogens is 3. The van der Waals surface area contributed by atoms with Crippen LogP contribution in [0.1, 0.15) is 11.3 Å². The number of nitrogens with one attached hydrogen (secondary N) is 1. The summed E-state index contributed by atoms with van der Waals surface area (Å²) in [7, 11) is 0. The van der Waals surface area contributed by atoms with Crippen LogP contribution in [0.2, 0.25) is 0 Å². The van der Waals surface area contributed by atoms with Crippen LogP contribution in [-0.4, -0.2) is 20.9 Å². The van der Waals surface area contributed by atoms with E-state index in [9.17, 15) is 4.79 Å². The molecular formula is C12H14N4O. The Labute approximate surface area is 99.5 Å². The quantitative estimate of drug-likeness (QED) is 0.870. The van der Waals surface area contributed by atoms with Crippen LogP contribution in [0.15, 0.2) is 30.5 Å². The number of carbonyl (C=O) groups is 1. The zero-order valence-electron chi connectivity index (χ0n) is 9.84. The number of nitrogens with zero attached hydrogens (tertiary/aromatic N) is 3. The molecule has 0 spiro atoms. The molecule has 0 atom stereocenters. The Morgan fingerprint density at radius 2 is 2.00 bits per heavy atom. The standard InChI is InChI=1S/C12H14N4O/c1-9-3-5-11(6-4-9)14-12(17)8-16-10(2)7-13-15-16/h3-7H,8H2,1-2H3,(H,14,17). The maximum absolute atomic E-state index is 11.7. The Balaban J connectivity index is 1.98. The molecule has 0 unspecified atom stereocenters. The number of benzene rings is 1. The van der Waals surface area contributed by atoms with Crippen molar-refractivity contribution in [2.45, 2.75) is 20.4 Å². The van der Waals surface area contributed by atoms with Crippen LogP contribution >= 0.6 is 0 Å². The van der Waals surface area contributed by atoms with Crippen LogP contribution in [0.25, 0.3) is 0 Å². The highest BCUT2D eigenvalue weighted by atomic mass is 16.2. The molecular weight excluding hydrogens is 216 g/mol. The monoisotopic (exact) mass is 230 g/mol. The van der Waals surface area contributed by atoms with Crippen molar-refractivity contribution in [3.63, 3.8) is 0 Å². The van der Waals surface area contributed by atoms with Gasteiger partial charge in [0.15, 0.2) is 0 Å². The largest absolute Gasteiger partial charge is 0.324 e. The van der Waals surface area contributed by atoms with E-state index in [0.717, 1.165) is 16.9 Å². The normalized spacial score (nSPS) is 10.2. The number of amides is 1. The number of hydrogen-bond donors (Lipinski definition) is 1. The van der Waals surface area contributed by atoms with Gasteiger partial charge < -0.3 is 5.32 Å². The van der Waals surface area contributed by atoms with Gasteiger partial charge in [0, 0.05) is 5.69 Å². The third-order valence-electron chi connectivity index (χ3n) is 2.44. The summed E-state index contributed by atoms with van der Waals surface area (Å²) in [6.45, 7) is 4.04. The number of aryl methyl sites for hydroxylation is 2. The van der Waals surface area contributed by atoms with E-state index in [2.05, 4.69) is 15.6 Å². The van der Waals surface area contributed by atoms with Crippen LogP contribution in [0.5, 0.6) is 0 Å². The molecule has 0 saturated carbocycles. The Morgan fingerprint density at radius 3 is 2.59 bits per heavy atom. The fourth-order valence-corrected chi connectivity index (χ4v) is 1.44. The van der Waals surface area contributed by atoms with E-state index in [-0.39, 0.29) is 12.5 Å². The van der Waals surface area contributed by atoms with Crippen molar-refractivity contribution in [1.29, 1.82) is 0 Å². The van der Waals surface area contributed by atoms with E-state index in [4.69, 9.17) is 0 Å². The van der Waals surface area contributed by atoms with Gasteiger partial charge in [0.05, 0.1) is 11.9 Å². The van der Waals surface area contributed by atoms with Crippen molar-refractivity contribution in [2.75, 3.05) is 5.32 Å². The topological polar surface area (TPSA) is 59.8 Å². The van der Waals surface area contributed by atoms with Gasteiger partial charge >= 0.3 is 0 Å². The number of rotatable bonds is 3. The molecule has 2 rings (SSSR count). The van der Waals surface area contributed by atoms with Gasteiger partial charge in [-0.3, -0.25) is 4.79 Å². The van der Waals surface area contributed by atoms with Crippen molar-refractivity contribution in [2.24, 2.45) is 0 Å². The van der Waals surface area contributed by atoms with Crippen molar-refractivity contribution in [1.82, 2.24) is 15.0 Å². The molecule has 0 fully saturated rings. The van der Waals surface area contributed by atoms with Crippen LogP contribution < -0.4 is 5.32 Å². The molecule has 2 aromatic rings. The number of hydrogen-bond acceptors (Lipinski definition) is 3. The van der Waals surface area contributed by atoms with Gasteiger partial charge in [-0.25, -0.2) is 4.68 Å². The van der Waals surface area contributed by atoms with E-state index in [1.807, 2.05) is 38.1 Å². The Morgan fingerprint density at radius 1 is 1.29 bits per heavy atom. The van der Waals surface area contributed by atoms with Gasteiger partial charge in [0.1, 0.15) is 6.54 Å². The molecule has 0 aliphatic rings. The smallest absolute Gasteiger partial charge is 0.246 e. The molecule has 88 valence electrons. The summed E-state index contributed by atoms with van der Waals surface area (Å²) in [5.74, 6) is -0.109. The van der Waals surface area contributed by atoms with Crippen LogP contribution in [0.4, 0.5) is 5.69 Å². The number of anilines is 1. The Bertz CT molecular complexity index is 516. The third kappa shape index (κ3) is 2.90. The first-order valence-electron chi connectivity index (χ1n) is 5.37. The first-order valence-corrected chi connectivity index (χ1v) is 5.37. The maximum atomic E-state index is 11.7. The fourth-order valence-electron chi connectivity index (χ4n) is 1.44.